The lowest BCUT2D eigenvalue weighted by Crippen LogP contribution is -2.48. The van der Waals surface area contributed by atoms with Crippen LogP contribution in [0.5, 0.6) is 0 Å². The zero-order valence-electron chi connectivity index (χ0n) is 10.4. The van der Waals surface area contributed by atoms with Crippen molar-refractivity contribution in [3.63, 3.8) is 0 Å². The number of anilines is 1. The molecule has 0 aliphatic carbocycles. The number of thioether (sulfide) groups is 1. The van der Waals surface area contributed by atoms with Crippen LogP contribution in [-0.4, -0.2) is 37.5 Å². The summed E-state index contributed by atoms with van der Waals surface area (Å²) in [7, 11) is 0. The van der Waals surface area contributed by atoms with Gasteiger partial charge in [0, 0.05) is 17.1 Å². The summed E-state index contributed by atoms with van der Waals surface area (Å²) in [6.45, 7) is 3.95. The highest BCUT2D eigenvalue weighted by Gasteiger charge is 2.20. The number of hydrogen-bond donors (Lipinski definition) is 2. The van der Waals surface area contributed by atoms with E-state index in [1.165, 1.54) is 4.90 Å². The summed E-state index contributed by atoms with van der Waals surface area (Å²) in [5.74, 6) is 0.989. The van der Waals surface area contributed by atoms with E-state index in [1.54, 1.807) is 11.8 Å². The third kappa shape index (κ3) is 3.73. The van der Waals surface area contributed by atoms with Crippen LogP contribution in [0.4, 0.5) is 5.69 Å². The van der Waals surface area contributed by atoms with Crippen LogP contribution < -0.4 is 10.6 Å². The Bertz CT molecular complexity index is 406. The molecule has 1 aromatic rings. The Morgan fingerprint density at radius 2 is 2.50 bits per heavy atom. The SMILES string of the molecule is CCSc1cccc(NC(=O)C2COCCN2)c1. The number of rotatable bonds is 4. The van der Waals surface area contributed by atoms with E-state index in [0.29, 0.717) is 13.2 Å². The molecule has 1 fully saturated rings. The van der Waals surface area contributed by atoms with Gasteiger partial charge in [-0.25, -0.2) is 0 Å². The first-order chi connectivity index (χ1) is 8.79. The molecule has 1 aliphatic heterocycles. The number of nitrogens with one attached hydrogen (secondary N) is 2. The number of ether oxygens (including phenoxy) is 1. The van der Waals surface area contributed by atoms with Crippen molar-refractivity contribution in [3.8, 4) is 0 Å². The standard InChI is InChI=1S/C13H18N2O2S/c1-2-18-11-5-3-4-10(8-11)15-13(16)12-9-17-7-6-14-12/h3-5,8,12,14H,2,6-7,9H2,1H3,(H,15,16). The maximum Gasteiger partial charge on any atom is 0.243 e. The second kappa shape index (κ2) is 6.78. The predicted octanol–water partition coefficient (Wildman–Crippen LogP) is 1.73. The molecule has 18 heavy (non-hydrogen) atoms. The zero-order valence-corrected chi connectivity index (χ0v) is 11.3. The molecule has 98 valence electrons. The fourth-order valence-corrected chi connectivity index (χ4v) is 2.51. The van der Waals surface area contributed by atoms with Gasteiger partial charge in [0.15, 0.2) is 0 Å². The summed E-state index contributed by atoms with van der Waals surface area (Å²) in [5.41, 5.74) is 0.839. The first-order valence-electron chi connectivity index (χ1n) is 6.14. The van der Waals surface area contributed by atoms with Gasteiger partial charge in [0.1, 0.15) is 6.04 Å². The number of hydrogen-bond acceptors (Lipinski definition) is 4. The molecule has 2 N–H and O–H groups in total. The van der Waals surface area contributed by atoms with E-state index >= 15 is 0 Å². The van der Waals surface area contributed by atoms with Crippen molar-refractivity contribution in [3.05, 3.63) is 24.3 Å². The summed E-state index contributed by atoms with van der Waals surface area (Å²) >= 11 is 1.76. The topological polar surface area (TPSA) is 50.4 Å². The van der Waals surface area contributed by atoms with Gasteiger partial charge in [0.2, 0.25) is 5.91 Å². The lowest BCUT2D eigenvalue weighted by atomic mass is 10.2. The average molecular weight is 266 g/mol. The molecule has 4 nitrogen and oxygen atoms in total. The molecule has 1 saturated heterocycles. The van der Waals surface area contributed by atoms with Gasteiger partial charge in [-0.15, -0.1) is 11.8 Å². The predicted molar refractivity (Wildman–Crippen MR) is 74.1 cm³/mol. The van der Waals surface area contributed by atoms with Crippen molar-refractivity contribution >= 4 is 23.4 Å². The highest BCUT2D eigenvalue weighted by molar-refractivity contribution is 7.99. The summed E-state index contributed by atoms with van der Waals surface area (Å²) in [4.78, 5) is 13.1. The van der Waals surface area contributed by atoms with E-state index in [9.17, 15) is 4.79 Å². The Morgan fingerprint density at radius 3 is 3.22 bits per heavy atom. The summed E-state index contributed by atoms with van der Waals surface area (Å²) < 4.78 is 5.28. The Labute approximate surface area is 111 Å². The molecular formula is C13H18N2O2S. The fraction of sp³-hybridized carbons (Fsp3) is 0.462. The van der Waals surface area contributed by atoms with E-state index in [-0.39, 0.29) is 11.9 Å². The summed E-state index contributed by atoms with van der Waals surface area (Å²) in [6.07, 6.45) is 0. The van der Waals surface area contributed by atoms with Crippen LogP contribution >= 0.6 is 11.8 Å². The van der Waals surface area contributed by atoms with Gasteiger partial charge in [-0.3, -0.25) is 4.79 Å². The number of benzene rings is 1. The fourth-order valence-electron chi connectivity index (χ4n) is 1.79. The van der Waals surface area contributed by atoms with Crippen molar-refractivity contribution in [2.45, 2.75) is 17.9 Å². The molecule has 0 bridgehead atoms. The second-order valence-corrected chi connectivity index (χ2v) is 5.37. The van der Waals surface area contributed by atoms with Gasteiger partial charge in [-0.05, 0) is 24.0 Å². The maximum atomic E-state index is 12.0. The zero-order chi connectivity index (χ0) is 12.8. The van der Waals surface area contributed by atoms with Crippen molar-refractivity contribution in [1.82, 2.24) is 5.32 Å². The van der Waals surface area contributed by atoms with Crippen LogP contribution in [0.1, 0.15) is 6.92 Å². The molecule has 0 saturated carbocycles. The van der Waals surface area contributed by atoms with Gasteiger partial charge < -0.3 is 15.4 Å². The van der Waals surface area contributed by atoms with Crippen LogP contribution in [0, 0.1) is 0 Å². The third-order valence-electron chi connectivity index (χ3n) is 2.65. The first kappa shape index (κ1) is 13.4. The first-order valence-corrected chi connectivity index (χ1v) is 7.13. The summed E-state index contributed by atoms with van der Waals surface area (Å²) in [6, 6.07) is 7.66. The van der Waals surface area contributed by atoms with Gasteiger partial charge in [-0.2, -0.15) is 0 Å². The van der Waals surface area contributed by atoms with Crippen LogP contribution in [0.15, 0.2) is 29.2 Å². The minimum absolute atomic E-state index is 0.0339. The largest absolute Gasteiger partial charge is 0.378 e. The van der Waals surface area contributed by atoms with Gasteiger partial charge in [0.05, 0.1) is 13.2 Å². The third-order valence-corrected chi connectivity index (χ3v) is 3.53. The number of carbonyl (C=O) groups excluding carboxylic acids is 1. The lowest BCUT2D eigenvalue weighted by molar-refractivity contribution is -0.120. The molecule has 1 heterocycles. The molecule has 2 rings (SSSR count). The summed E-state index contributed by atoms with van der Waals surface area (Å²) in [5, 5.41) is 6.05. The van der Waals surface area contributed by atoms with Gasteiger partial charge >= 0.3 is 0 Å². The van der Waals surface area contributed by atoms with E-state index in [4.69, 9.17) is 4.74 Å². The number of amides is 1. The van der Waals surface area contributed by atoms with Crippen LogP contribution in [0.3, 0.4) is 0 Å². The lowest BCUT2D eigenvalue weighted by Gasteiger charge is -2.22. The Balaban J connectivity index is 1.95. The molecule has 0 radical (unpaired) electrons. The molecule has 1 amide bonds. The number of carbonyl (C=O) groups is 1. The molecule has 1 unspecified atom stereocenters. The highest BCUT2D eigenvalue weighted by Crippen LogP contribution is 2.21. The Hall–Kier alpha value is -1.04. The highest BCUT2D eigenvalue weighted by atomic mass is 32.2. The quantitative estimate of drug-likeness (QED) is 0.815. The van der Waals surface area contributed by atoms with E-state index in [1.807, 2.05) is 24.3 Å². The van der Waals surface area contributed by atoms with E-state index in [2.05, 4.69) is 17.6 Å². The number of morpholine rings is 1. The average Bonchev–Trinajstić information content (AvgIpc) is 2.40. The molecule has 1 aliphatic rings. The Kier molecular flexibility index (Phi) is 5.04. The minimum atomic E-state index is -0.249. The molecule has 1 atom stereocenters. The normalized spacial score (nSPS) is 19.5. The maximum absolute atomic E-state index is 12.0. The smallest absolute Gasteiger partial charge is 0.243 e. The van der Waals surface area contributed by atoms with Gasteiger partial charge in [-0.1, -0.05) is 13.0 Å². The van der Waals surface area contributed by atoms with Crippen LogP contribution in [-0.2, 0) is 9.53 Å². The van der Waals surface area contributed by atoms with Crippen LogP contribution in [0.25, 0.3) is 0 Å². The minimum Gasteiger partial charge on any atom is -0.378 e. The van der Waals surface area contributed by atoms with E-state index in [0.717, 1.165) is 18.0 Å². The second-order valence-electron chi connectivity index (χ2n) is 4.03. The molecule has 0 spiro atoms. The van der Waals surface area contributed by atoms with E-state index < -0.39 is 0 Å². The van der Waals surface area contributed by atoms with Crippen LogP contribution in [0.2, 0.25) is 0 Å². The molecule has 0 aromatic heterocycles. The Morgan fingerprint density at radius 1 is 1.61 bits per heavy atom. The van der Waals surface area contributed by atoms with Crippen molar-refractivity contribution < 1.29 is 9.53 Å². The molecule has 5 heteroatoms. The van der Waals surface area contributed by atoms with Crippen molar-refractivity contribution in [1.29, 1.82) is 0 Å². The molecule has 1 aromatic carbocycles. The van der Waals surface area contributed by atoms with Gasteiger partial charge in [0.25, 0.3) is 0 Å². The monoisotopic (exact) mass is 266 g/mol. The van der Waals surface area contributed by atoms with Crippen molar-refractivity contribution in [2.75, 3.05) is 30.8 Å². The van der Waals surface area contributed by atoms with Crippen molar-refractivity contribution in [2.24, 2.45) is 0 Å². The molecular weight excluding hydrogens is 248 g/mol.